The second kappa shape index (κ2) is 8.93. The van der Waals surface area contributed by atoms with Crippen LogP contribution in [0.15, 0.2) is 53.5 Å². The average molecular weight is 345 g/mol. The summed E-state index contributed by atoms with van der Waals surface area (Å²) in [6.07, 6.45) is 0.870. The summed E-state index contributed by atoms with van der Waals surface area (Å²) in [5.41, 5.74) is 7.96. The Morgan fingerprint density at radius 2 is 1.88 bits per heavy atom. The molecule has 24 heavy (non-hydrogen) atoms. The van der Waals surface area contributed by atoms with E-state index in [1.807, 2.05) is 36.4 Å². The average Bonchev–Trinajstić information content (AvgIpc) is 2.59. The summed E-state index contributed by atoms with van der Waals surface area (Å²) >= 11 is 5.88. The van der Waals surface area contributed by atoms with Crippen LogP contribution in [0.1, 0.15) is 21.5 Å². The van der Waals surface area contributed by atoms with Gasteiger partial charge in [0, 0.05) is 30.7 Å². The van der Waals surface area contributed by atoms with Gasteiger partial charge in [-0.15, -0.1) is 0 Å². The van der Waals surface area contributed by atoms with Gasteiger partial charge >= 0.3 is 0 Å². The van der Waals surface area contributed by atoms with Crippen LogP contribution < -0.4 is 16.4 Å². The van der Waals surface area contributed by atoms with E-state index in [2.05, 4.69) is 15.6 Å². The third kappa shape index (κ3) is 5.59. The van der Waals surface area contributed by atoms with Crippen molar-refractivity contribution < 1.29 is 4.79 Å². The van der Waals surface area contributed by atoms with Crippen molar-refractivity contribution in [3.8, 4) is 0 Å². The van der Waals surface area contributed by atoms with Crippen molar-refractivity contribution in [1.29, 1.82) is 0 Å². The molecule has 0 aliphatic rings. The van der Waals surface area contributed by atoms with Gasteiger partial charge in [0.1, 0.15) is 0 Å². The van der Waals surface area contributed by atoms with Crippen LogP contribution in [-0.2, 0) is 13.0 Å². The molecular formula is C18H21ClN4O. The second-order valence-corrected chi connectivity index (χ2v) is 5.73. The number of hydrogen-bond donors (Lipinski definition) is 3. The van der Waals surface area contributed by atoms with E-state index in [4.69, 9.17) is 17.3 Å². The van der Waals surface area contributed by atoms with Crippen molar-refractivity contribution in [3.63, 3.8) is 0 Å². The van der Waals surface area contributed by atoms with Gasteiger partial charge < -0.3 is 16.4 Å². The maximum absolute atomic E-state index is 11.2. The van der Waals surface area contributed by atoms with Crippen molar-refractivity contribution in [3.05, 3.63) is 70.2 Å². The van der Waals surface area contributed by atoms with Gasteiger partial charge in [0.2, 0.25) is 5.91 Å². The van der Waals surface area contributed by atoms with Gasteiger partial charge in [0.15, 0.2) is 5.96 Å². The minimum absolute atomic E-state index is 0.428. The molecule has 2 aromatic rings. The van der Waals surface area contributed by atoms with Crippen LogP contribution in [0.4, 0.5) is 0 Å². The van der Waals surface area contributed by atoms with Crippen molar-refractivity contribution in [2.75, 3.05) is 13.6 Å². The third-order valence-corrected chi connectivity index (χ3v) is 3.77. The SMILES string of the molecule is CN=C(NCCc1ccc(Cl)cc1)NCc1cccc(C(N)=O)c1. The Kier molecular flexibility index (Phi) is 6.63. The molecule has 4 N–H and O–H groups in total. The molecule has 5 nitrogen and oxygen atoms in total. The molecule has 126 valence electrons. The number of nitrogens with zero attached hydrogens (tertiary/aromatic N) is 1. The van der Waals surface area contributed by atoms with E-state index in [-0.39, 0.29) is 0 Å². The number of carbonyl (C=O) groups is 1. The molecular weight excluding hydrogens is 324 g/mol. The maximum atomic E-state index is 11.2. The summed E-state index contributed by atoms with van der Waals surface area (Å²) in [6, 6.07) is 15.0. The minimum Gasteiger partial charge on any atom is -0.366 e. The molecule has 0 unspecified atom stereocenters. The number of guanidine groups is 1. The zero-order chi connectivity index (χ0) is 17.4. The summed E-state index contributed by atoms with van der Waals surface area (Å²) in [4.78, 5) is 15.4. The Balaban J connectivity index is 1.81. The Hall–Kier alpha value is -2.53. The minimum atomic E-state index is -0.428. The van der Waals surface area contributed by atoms with Gasteiger partial charge in [-0.25, -0.2) is 0 Å². The molecule has 0 aliphatic carbocycles. The largest absolute Gasteiger partial charge is 0.366 e. The molecule has 0 aliphatic heterocycles. The zero-order valence-electron chi connectivity index (χ0n) is 13.6. The normalized spacial score (nSPS) is 11.2. The molecule has 0 spiro atoms. The fourth-order valence-corrected chi connectivity index (χ4v) is 2.34. The predicted molar refractivity (Wildman–Crippen MR) is 98.3 cm³/mol. The molecule has 1 amide bonds. The first-order valence-electron chi connectivity index (χ1n) is 7.66. The molecule has 0 fully saturated rings. The van der Waals surface area contributed by atoms with Crippen molar-refractivity contribution in [2.45, 2.75) is 13.0 Å². The molecule has 0 saturated carbocycles. The highest BCUT2D eigenvalue weighted by Gasteiger charge is 2.03. The highest BCUT2D eigenvalue weighted by Crippen LogP contribution is 2.09. The third-order valence-electron chi connectivity index (χ3n) is 3.51. The van der Waals surface area contributed by atoms with E-state index >= 15 is 0 Å². The summed E-state index contributed by atoms with van der Waals surface area (Å²) in [6.45, 7) is 1.31. The standard InChI is InChI=1S/C18H21ClN4O/c1-21-18(22-10-9-13-5-7-16(19)8-6-13)23-12-14-3-2-4-15(11-14)17(20)24/h2-8,11H,9-10,12H2,1H3,(H2,20,24)(H2,21,22,23). The number of amides is 1. The lowest BCUT2D eigenvalue weighted by molar-refractivity contribution is 0.1000. The fraction of sp³-hybridized carbons (Fsp3) is 0.222. The van der Waals surface area contributed by atoms with Gasteiger partial charge in [-0.05, 0) is 41.8 Å². The van der Waals surface area contributed by atoms with Crippen LogP contribution in [0.25, 0.3) is 0 Å². The number of rotatable bonds is 6. The number of nitrogens with one attached hydrogen (secondary N) is 2. The summed E-state index contributed by atoms with van der Waals surface area (Å²) in [5.74, 6) is 0.274. The molecule has 0 saturated heterocycles. The molecule has 6 heteroatoms. The molecule has 2 aromatic carbocycles. The lowest BCUT2D eigenvalue weighted by Gasteiger charge is -2.12. The van der Waals surface area contributed by atoms with E-state index in [1.54, 1.807) is 19.2 Å². The quantitative estimate of drug-likeness (QED) is 0.556. The maximum Gasteiger partial charge on any atom is 0.248 e. The smallest absolute Gasteiger partial charge is 0.248 e. The monoisotopic (exact) mass is 344 g/mol. The van der Waals surface area contributed by atoms with Crippen molar-refractivity contribution >= 4 is 23.5 Å². The van der Waals surface area contributed by atoms with Crippen molar-refractivity contribution in [1.82, 2.24) is 10.6 Å². The van der Waals surface area contributed by atoms with Crippen LogP contribution in [0.3, 0.4) is 0 Å². The van der Waals surface area contributed by atoms with Crippen LogP contribution >= 0.6 is 11.6 Å². The van der Waals surface area contributed by atoms with Crippen molar-refractivity contribution in [2.24, 2.45) is 10.7 Å². The molecule has 2 rings (SSSR count). The van der Waals surface area contributed by atoms with Gasteiger partial charge in [-0.2, -0.15) is 0 Å². The second-order valence-electron chi connectivity index (χ2n) is 5.29. The van der Waals surface area contributed by atoms with Crippen LogP contribution in [0, 0.1) is 0 Å². The van der Waals surface area contributed by atoms with Gasteiger partial charge in [0.25, 0.3) is 0 Å². The van der Waals surface area contributed by atoms with E-state index in [1.165, 1.54) is 5.56 Å². The van der Waals surface area contributed by atoms with Gasteiger partial charge in [-0.1, -0.05) is 35.9 Å². The van der Waals surface area contributed by atoms with E-state index in [0.29, 0.717) is 18.1 Å². The van der Waals surface area contributed by atoms with E-state index < -0.39 is 5.91 Å². The molecule has 0 aromatic heterocycles. The Bertz CT molecular complexity index is 713. The molecule has 0 heterocycles. The number of carbonyl (C=O) groups excluding carboxylic acids is 1. The van der Waals surface area contributed by atoms with E-state index in [0.717, 1.165) is 23.6 Å². The lowest BCUT2D eigenvalue weighted by atomic mass is 10.1. The lowest BCUT2D eigenvalue weighted by Crippen LogP contribution is -2.37. The van der Waals surface area contributed by atoms with Crippen LogP contribution in [-0.4, -0.2) is 25.5 Å². The fourth-order valence-electron chi connectivity index (χ4n) is 2.22. The first-order valence-corrected chi connectivity index (χ1v) is 8.04. The highest BCUT2D eigenvalue weighted by molar-refractivity contribution is 6.30. The van der Waals surface area contributed by atoms with E-state index in [9.17, 15) is 4.79 Å². The number of benzene rings is 2. The Morgan fingerprint density at radius 3 is 2.54 bits per heavy atom. The van der Waals surface area contributed by atoms with Gasteiger partial charge in [0.05, 0.1) is 0 Å². The summed E-state index contributed by atoms with van der Waals surface area (Å²) in [5, 5.41) is 7.21. The van der Waals surface area contributed by atoms with Crippen LogP contribution in [0.2, 0.25) is 5.02 Å². The molecule has 0 radical (unpaired) electrons. The first kappa shape index (κ1) is 17.8. The number of nitrogens with two attached hydrogens (primary N) is 1. The molecule has 0 bridgehead atoms. The number of hydrogen-bond acceptors (Lipinski definition) is 2. The number of halogens is 1. The highest BCUT2D eigenvalue weighted by atomic mass is 35.5. The summed E-state index contributed by atoms with van der Waals surface area (Å²) in [7, 11) is 1.72. The topological polar surface area (TPSA) is 79.5 Å². The Labute approximate surface area is 146 Å². The Morgan fingerprint density at radius 1 is 1.12 bits per heavy atom. The predicted octanol–water partition coefficient (Wildman–Crippen LogP) is 2.35. The number of aliphatic imine (C=N–C) groups is 1. The van der Waals surface area contributed by atoms with Crippen LogP contribution in [0.5, 0.6) is 0 Å². The van der Waals surface area contributed by atoms with Gasteiger partial charge in [-0.3, -0.25) is 9.79 Å². The summed E-state index contributed by atoms with van der Waals surface area (Å²) < 4.78 is 0. The zero-order valence-corrected chi connectivity index (χ0v) is 14.3. The first-order chi connectivity index (χ1) is 11.6. The number of primary amides is 1. The molecule has 0 atom stereocenters.